The average molecular weight is 256 g/mol. The first-order chi connectivity index (χ1) is 8.74. The maximum atomic E-state index is 11.8. The van der Waals surface area contributed by atoms with Crippen LogP contribution in [0.1, 0.15) is 38.5 Å². The van der Waals surface area contributed by atoms with Crippen LogP contribution in [0.5, 0.6) is 0 Å². The highest BCUT2D eigenvalue weighted by Gasteiger charge is 2.15. The van der Waals surface area contributed by atoms with E-state index in [9.17, 15) is 4.79 Å². The van der Waals surface area contributed by atoms with Gasteiger partial charge in [0.2, 0.25) is 5.91 Å². The molecule has 0 atom stereocenters. The second kappa shape index (κ2) is 8.74. The molecule has 0 saturated carbocycles. The highest BCUT2D eigenvalue weighted by Crippen LogP contribution is 2.09. The minimum absolute atomic E-state index is 0.249. The Morgan fingerprint density at radius 2 is 1.94 bits per heavy atom. The topological polar surface area (TPSA) is 91.0 Å². The lowest BCUT2D eigenvalue weighted by Gasteiger charge is -2.26. The predicted octanol–water partition coefficient (Wildman–Crippen LogP) is 0.505. The van der Waals surface area contributed by atoms with Crippen molar-refractivity contribution >= 4 is 11.7 Å². The Morgan fingerprint density at radius 1 is 1.22 bits per heavy atom. The number of nitrogens with one attached hydrogen (secondary N) is 1. The van der Waals surface area contributed by atoms with Crippen LogP contribution in [0.3, 0.4) is 0 Å². The fourth-order valence-corrected chi connectivity index (χ4v) is 2.07. The third kappa shape index (κ3) is 5.86. The highest BCUT2D eigenvalue weighted by atomic mass is 16.4. The van der Waals surface area contributed by atoms with E-state index in [1.807, 2.05) is 4.90 Å². The van der Waals surface area contributed by atoms with Crippen LogP contribution in [0.25, 0.3) is 0 Å². The molecule has 0 spiro atoms. The van der Waals surface area contributed by atoms with Gasteiger partial charge in [0.15, 0.2) is 0 Å². The maximum absolute atomic E-state index is 11.8. The number of likely N-dealkylation sites (tertiary alicyclic amines) is 1. The van der Waals surface area contributed by atoms with Crippen LogP contribution in [0, 0.1) is 0 Å². The molecule has 1 amide bonds. The van der Waals surface area contributed by atoms with E-state index in [0.29, 0.717) is 19.4 Å². The van der Waals surface area contributed by atoms with Crippen LogP contribution >= 0.6 is 0 Å². The van der Waals surface area contributed by atoms with Crippen LogP contribution in [0.2, 0.25) is 0 Å². The average Bonchev–Trinajstić information content (AvgIpc) is 2.43. The molecule has 1 fully saturated rings. The van der Waals surface area contributed by atoms with E-state index < -0.39 is 0 Å². The molecule has 6 nitrogen and oxygen atoms in total. The van der Waals surface area contributed by atoms with E-state index in [1.165, 1.54) is 6.42 Å². The lowest BCUT2D eigenvalue weighted by molar-refractivity contribution is -0.131. The number of oxime groups is 1. The molecular weight excluding hydrogens is 232 g/mol. The molecule has 0 aromatic rings. The Kier molecular flexibility index (Phi) is 7.17. The van der Waals surface area contributed by atoms with Crippen LogP contribution in [0.4, 0.5) is 0 Å². The fourth-order valence-electron chi connectivity index (χ4n) is 2.07. The summed E-state index contributed by atoms with van der Waals surface area (Å²) >= 11 is 0. The molecule has 1 heterocycles. The number of rotatable bonds is 7. The minimum atomic E-state index is 0.249. The van der Waals surface area contributed by atoms with Crippen LogP contribution in [-0.4, -0.2) is 48.0 Å². The quantitative estimate of drug-likeness (QED) is 0.203. The van der Waals surface area contributed by atoms with Crippen LogP contribution in [-0.2, 0) is 4.79 Å². The summed E-state index contributed by atoms with van der Waals surface area (Å²) in [5.74, 6) is 0.500. The largest absolute Gasteiger partial charge is 0.409 e. The summed E-state index contributed by atoms with van der Waals surface area (Å²) in [5.41, 5.74) is 5.34. The standard InChI is InChI=1S/C12H24N4O2/c13-11(15-18)5-4-7-14-8-6-12(17)16-9-2-1-3-10-16/h14,18H,1-10H2,(H2,13,15). The van der Waals surface area contributed by atoms with Gasteiger partial charge in [0.1, 0.15) is 5.84 Å². The van der Waals surface area contributed by atoms with Crippen molar-refractivity contribution in [2.45, 2.75) is 38.5 Å². The first-order valence-electron chi connectivity index (χ1n) is 6.69. The molecule has 104 valence electrons. The summed E-state index contributed by atoms with van der Waals surface area (Å²) in [6, 6.07) is 0. The fraction of sp³-hybridized carbons (Fsp3) is 0.833. The van der Waals surface area contributed by atoms with Crippen molar-refractivity contribution in [2.75, 3.05) is 26.2 Å². The van der Waals surface area contributed by atoms with Crippen molar-refractivity contribution in [2.24, 2.45) is 10.9 Å². The zero-order chi connectivity index (χ0) is 13.2. The van der Waals surface area contributed by atoms with Crippen molar-refractivity contribution in [1.29, 1.82) is 0 Å². The number of amides is 1. The van der Waals surface area contributed by atoms with Gasteiger partial charge >= 0.3 is 0 Å². The number of hydrogen-bond donors (Lipinski definition) is 3. The number of amidine groups is 1. The lowest BCUT2D eigenvalue weighted by atomic mass is 10.1. The number of carbonyl (C=O) groups excluding carboxylic acids is 1. The molecule has 0 radical (unpaired) electrons. The summed E-state index contributed by atoms with van der Waals surface area (Å²) in [5, 5.41) is 14.4. The smallest absolute Gasteiger partial charge is 0.223 e. The van der Waals surface area contributed by atoms with Crippen molar-refractivity contribution in [3.63, 3.8) is 0 Å². The van der Waals surface area contributed by atoms with Gasteiger partial charge in [-0.3, -0.25) is 4.79 Å². The van der Waals surface area contributed by atoms with Crippen molar-refractivity contribution in [1.82, 2.24) is 10.2 Å². The molecular formula is C12H24N4O2. The van der Waals surface area contributed by atoms with Gasteiger partial charge in [-0.15, -0.1) is 0 Å². The van der Waals surface area contributed by atoms with Gasteiger partial charge < -0.3 is 21.2 Å². The Bertz CT molecular complexity index is 275. The summed E-state index contributed by atoms with van der Waals surface area (Å²) in [6.45, 7) is 3.32. The second-order valence-corrected chi connectivity index (χ2v) is 4.64. The maximum Gasteiger partial charge on any atom is 0.223 e. The monoisotopic (exact) mass is 256 g/mol. The van der Waals surface area contributed by atoms with Gasteiger partial charge in [0, 0.05) is 32.5 Å². The molecule has 1 rings (SSSR count). The lowest BCUT2D eigenvalue weighted by Crippen LogP contribution is -2.37. The molecule has 0 aliphatic carbocycles. The normalized spacial score (nSPS) is 16.9. The summed E-state index contributed by atoms with van der Waals surface area (Å²) in [4.78, 5) is 13.8. The SMILES string of the molecule is NC(CCCNCCC(=O)N1CCCCC1)=NO. The second-order valence-electron chi connectivity index (χ2n) is 4.64. The van der Waals surface area contributed by atoms with Gasteiger partial charge in [-0.05, 0) is 32.2 Å². The molecule has 18 heavy (non-hydrogen) atoms. The van der Waals surface area contributed by atoms with Crippen molar-refractivity contribution in [3.8, 4) is 0 Å². The van der Waals surface area contributed by atoms with E-state index in [-0.39, 0.29) is 11.7 Å². The third-order valence-corrected chi connectivity index (χ3v) is 3.14. The molecule has 1 saturated heterocycles. The molecule has 6 heteroatoms. The minimum Gasteiger partial charge on any atom is -0.409 e. The van der Waals surface area contributed by atoms with E-state index >= 15 is 0 Å². The number of carbonyl (C=O) groups is 1. The molecule has 0 aromatic heterocycles. The number of hydrogen-bond acceptors (Lipinski definition) is 4. The van der Waals surface area contributed by atoms with Crippen molar-refractivity contribution < 1.29 is 10.0 Å². The Balaban J connectivity index is 1.98. The highest BCUT2D eigenvalue weighted by molar-refractivity contribution is 5.79. The van der Waals surface area contributed by atoms with E-state index in [4.69, 9.17) is 10.9 Å². The Hall–Kier alpha value is -1.30. The summed E-state index contributed by atoms with van der Waals surface area (Å²) in [7, 11) is 0. The van der Waals surface area contributed by atoms with E-state index in [0.717, 1.165) is 38.9 Å². The van der Waals surface area contributed by atoms with Gasteiger partial charge in [-0.25, -0.2) is 0 Å². The Morgan fingerprint density at radius 3 is 2.61 bits per heavy atom. The number of nitrogens with zero attached hydrogens (tertiary/aromatic N) is 2. The predicted molar refractivity (Wildman–Crippen MR) is 70.6 cm³/mol. The zero-order valence-corrected chi connectivity index (χ0v) is 10.9. The van der Waals surface area contributed by atoms with Gasteiger partial charge in [-0.1, -0.05) is 5.16 Å². The van der Waals surface area contributed by atoms with E-state index in [2.05, 4.69) is 10.5 Å². The summed E-state index contributed by atoms with van der Waals surface area (Å²) < 4.78 is 0. The zero-order valence-electron chi connectivity index (χ0n) is 10.9. The van der Waals surface area contributed by atoms with Gasteiger partial charge in [-0.2, -0.15) is 0 Å². The summed E-state index contributed by atoms with van der Waals surface area (Å²) in [6.07, 6.45) is 5.47. The first-order valence-corrected chi connectivity index (χ1v) is 6.69. The molecule has 1 aliphatic heterocycles. The Labute approximate surface area is 108 Å². The van der Waals surface area contributed by atoms with Crippen molar-refractivity contribution in [3.05, 3.63) is 0 Å². The third-order valence-electron chi connectivity index (χ3n) is 3.14. The molecule has 4 N–H and O–H groups in total. The molecule has 0 unspecified atom stereocenters. The molecule has 0 aromatic carbocycles. The van der Waals surface area contributed by atoms with Crippen LogP contribution < -0.4 is 11.1 Å². The first kappa shape index (κ1) is 14.8. The van der Waals surface area contributed by atoms with Gasteiger partial charge in [0.25, 0.3) is 0 Å². The molecule has 1 aliphatic rings. The number of piperidine rings is 1. The van der Waals surface area contributed by atoms with E-state index in [1.54, 1.807) is 0 Å². The van der Waals surface area contributed by atoms with Crippen LogP contribution in [0.15, 0.2) is 5.16 Å². The molecule has 0 bridgehead atoms. The number of nitrogens with two attached hydrogens (primary N) is 1. The van der Waals surface area contributed by atoms with Gasteiger partial charge in [0.05, 0.1) is 0 Å².